The van der Waals surface area contributed by atoms with Crippen LogP contribution in [0.3, 0.4) is 0 Å². The second kappa shape index (κ2) is 8.11. The average molecular weight is 364 g/mol. The molecule has 2 N–H and O–H groups in total. The highest BCUT2D eigenvalue weighted by atomic mass is 32.2. The van der Waals surface area contributed by atoms with Gasteiger partial charge in [-0.05, 0) is 30.7 Å². The van der Waals surface area contributed by atoms with Crippen LogP contribution in [0.2, 0.25) is 0 Å². The van der Waals surface area contributed by atoms with Gasteiger partial charge in [-0.1, -0.05) is 43.3 Å². The number of rotatable bonds is 7. The maximum atomic E-state index is 13.1. The van der Waals surface area contributed by atoms with E-state index in [0.29, 0.717) is 0 Å². The SMILES string of the molecule is CC(CS(=O)(=O)Nc1cccc(F)c1)C(=O)NC(C)c1ccccc1. The van der Waals surface area contributed by atoms with E-state index in [9.17, 15) is 17.6 Å². The maximum Gasteiger partial charge on any atom is 0.233 e. The molecule has 0 bridgehead atoms. The average Bonchev–Trinajstić information content (AvgIpc) is 2.54. The Kier molecular flexibility index (Phi) is 6.14. The van der Waals surface area contributed by atoms with Crippen LogP contribution in [0.25, 0.3) is 0 Å². The van der Waals surface area contributed by atoms with Crippen LogP contribution in [0.4, 0.5) is 10.1 Å². The Labute approximate surface area is 147 Å². The van der Waals surface area contributed by atoms with E-state index >= 15 is 0 Å². The Morgan fingerprint density at radius 3 is 2.40 bits per heavy atom. The molecule has 2 atom stereocenters. The van der Waals surface area contributed by atoms with Crippen molar-refractivity contribution >= 4 is 21.6 Å². The summed E-state index contributed by atoms with van der Waals surface area (Å²) in [6.07, 6.45) is 0. The van der Waals surface area contributed by atoms with E-state index in [4.69, 9.17) is 0 Å². The smallest absolute Gasteiger partial charge is 0.233 e. The van der Waals surface area contributed by atoms with E-state index in [1.807, 2.05) is 37.3 Å². The quantitative estimate of drug-likeness (QED) is 0.793. The first-order valence-corrected chi connectivity index (χ1v) is 9.53. The Balaban J connectivity index is 1.95. The lowest BCUT2D eigenvalue weighted by atomic mass is 10.1. The zero-order valence-corrected chi connectivity index (χ0v) is 14.9. The molecule has 0 aliphatic carbocycles. The van der Waals surface area contributed by atoms with Crippen LogP contribution >= 0.6 is 0 Å². The molecule has 0 aliphatic heterocycles. The van der Waals surface area contributed by atoms with Crippen molar-refractivity contribution in [2.24, 2.45) is 5.92 Å². The lowest BCUT2D eigenvalue weighted by molar-refractivity contribution is -0.124. The van der Waals surface area contributed by atoms with Gasteiger partial charge in [-0.25, -0.2) is 12.8 Å². The van der Waals surface area contributed by atoms with Gasteiger partial charge in [0.1, 0.15) is 5.82 Å². The fourth-order valence-corrected chi connectivity index (χ4v) is 3.74. The molecule has 5 nitrogen and oxygen atoms in total. The van der Waals surface area contributed by atoms with E-state index in [-0.39, 0.29) is 17.6 Å². The largest absolute Gasteiger partial charge is 0.349 e. The Morgan fingerprint density at radius 1 is 1.08 bits per heavy atom. The first kappa shape index (κ1) is 18.9. The van der Waals surface area contributed by atoms with Crippen LogP contribution in [0.5, 0.6) is 0 Å². The van der Waals surface area contributed by atoms with Gasteiger partial charge < -0.3 is 5.32 Å². The molecule has 2 aromatic rings. The summed E-state index contributed by atoms with van der Waals surface area (Å²) in [5, 5.41) is 2.80. The monoisotopic (exact) mass is 364 g/mol. The molecule has 2 aromatic carbocycles. The number of nitrogens with one attached hydrogen (secondary N) is 2. The molecule has 134 valence electrons. The van der Waals surface area contributed by atoms with Crippen molar-refractivity contribution < 1.29 is 17.6 Å². The second-order valence-corrected chi connectivity index (χ2v) is 7.70. The van der Waals surface area contributed by atoms with Crippen LogP contribution in [0, 0.1) is 11.7 Å². The molecule has 0 saturated carbocycles. The van der Waals surface area contributed by atoms with Crippen LogP contribution in [-0.4, -0.2) is 20.1 Å². The zero-order chi connectivity index (χ0) is 18.4. The first-order chi connectivity index (χ1) is 11.8. The van der Waals surface area contributed by atoms with E-state index in [1.165, 1.54) is 25.1 Å². The van der Waals surface area contributed by atoms with Crippen molar-refractivity contribution in [2.45, 2.75) is 19.9 Å². The molecule has 0 fully saturated rings. The summed E-state index contributed by atoms with van der Waals surface area (Å²) in [5.41, 5.74) is 1.06. The molecular formula is C18H21FN2O3S. The Morgan fingerprint density at radius 2 is 1.76 bits per heavy atom. The molecule has 25 heavy (non-hydrogen) atoms. The van der Waals surface area contributed by atoms with Gasteiger partial charge in [0, 0.05) is 0 Å². The molecular weight excluding hydrogens is 343 g/mol. The zero-order valence-electron chi connectivity index (χ0n) is 14.1. The highest BCUT2D eigenvalue weighted by Gasteiger charge is 2.23. The summed E-state index contributed by atoms with van der Waals surface area (Å²) in [5.74, 6) is -2.04. The number of hydrogen-bond acceptors (Lipinski definition) is 3. The lowest BCUT2D eigenvalue weighted by Crippen LogP contribution is -2.36. The Bertz CT molecular complexity index is 825. The van der Waals surface area contributed by atoms with Gasteiger partial charge in [0.2, 0.25) is 15.9 Å². The van der Waals surface area contributed by atoms with Crippen LogP contribution in [0.15, 0.2) is 54.6 Å². The molecule has 1 amide bonds. The van der Waals surface area contributed by atoms with E-state index < -0.39 is 27.5 Å². The van der Waals surface area contributed by atoms with Crippen LogP contribution in [-0.2, 0) is 14.8 Å². The summed E-state index contributed by atoms with van der Waals surface area (Å²) in [4.78, 5) is 12.2. The van der Waals surface area contributed by atoms with E-state index in [1.54, 1.807) is 0 Å². The number of carbonyl (C=O) groups is 1. The summed E-state index contributed by atoms with van der Waals surface area (Å²) in [6, 6.07) is 14.3. The normalized spacial score (nSPS) is 13.7. The molecule has 2 rings (SSSR count). The summed E-state index contributed by atoms with van der Waals surface area (Å²) < 4.78 is 39.8. The minimum atomic E-state index is -3.77. The highest BCUT2D eigenvalue weighted by Crippen LogP contribution is 2.15. The molecule has 0 saturated heterocycles. The standard InChI is InChI=1S/C18H21FN2O3S/c1-13(18(22)20-14(2)15-7-4-3-5-8-15)12-25(23,24)21-17-10-6-9-16(19)11-17/h3-11,13-14,21H,12H2,1-2H3,(H,20,22). The lowest BCUT2D eigenvalue weighted by Gasteiger charge is -2.18. The second-order valence-electron chi connectivity index (χ2n) is 5.94. The van der Waals surface area contributed by atoms with Crippen LogP contribution in [0.1, 0.15) is 25.5 Å². The van der Waals surface area contributed by atoms with Gasteiger partial charge in [0.15, 0.2) is 0 Å². The van der Waals surface area contributed by atoms with Crippen molar-refractivity contribution in [3.8, 4) is 0 Å². The molecule has 7 heteroatoms. The third-order valence-electron chi connectivity index (χ3n) is 3.67. The van der Waals surface area contributed by atoms with E-state index in [2.05, 4.69) is 10.0 Å². The number of anilines is 1. The molecule has 2 unspecified atom stereocenters. The molecule has 0 aliphatic rings. The Hall–Kier alpha value is -2.41. The minimum Gasteiger partial charge on any atom is -0.349 e. The number of benzene rings is 2. The van der Waals surface area contributed by atoms with E-state index in [0.717, 1.165) is 11.6 Å². The molecule has 0 radical (unpaired) electrons. The predicted octanol–water partition coefficient (Wildman–Crippen LogP) is 3.08. The highest BCUT2D eigenvalue weighted by molar-refractivity contribution is 7.92. The third kappa shape index (κ3) is 5.86. The number of amides is 1. The van der Waals surface area contributed by atoms with Crippen LogP contribution < -0.4 is 10.0 Å². The summed E-state index contributed by atoms with van der Waals surface area (Å²) in [6.45, 7) is 3.37. The van der Waals surface area contributed by atoms with Gasteiger partial charge in [0.25, 0.3) is 0 Å². The van der Waals surface area contributed by atoms with Gasteiger partial charge >= 0.3 is 0 Å². The molecule has 0 spiro atoms. The first-order valence-electron chi connectivity index (χ1n) is 7.88. The number of hydrogen-bond donors (Lipinski definition) is 2. The fraction of sp³-hybridized carbons (Fsp3) is 0.278. The van der Waals surface area contributed by atoms with Gasteiger partial charge in [-0.2, -0.15) is 0 Å². The summed E-state index contributed by atoms with van der Waals surface area (Å²) >= 11 is 0. The summed E-state index contributed by atoms with van der Waals surface area (Å²) in [7, 11) is -3.77. The fourth-order valence-electron chi connectivity index (χ4n) is 2.36. The van der Waals surface area contributed by atoms with Crippen molar-refractivity contribution in [1.29, 1.82) is 0 Å². The number of sulfonamides is 1. The topological polar surface area (TPSA) is 75.3 Å². The maximum absolute atomic E-state index is 13.1. The van der Waals surface area contributed by atoms with Gasteiger partial charge in [-0.15, -0.1) is 0 Å². The third-order valence-corrected chi connectivity index (χ3v) is 5.16. The van der Waals surface area contributed by atoms with Crippen molar-refractivity contribution in [3.63, 3.8) is 0 Å². The van der Waals surface area contributed by atoms with Crippen molar-refractivity contribution in [3.05, 3.63) is 66.0 Å². The molecule has 0 aromatic heterocycles. The van der Waals surface area contributed by atoms with Crippen molar-refractivity contribution in [2.75, 3.05) is 10.5 Å². The number of carbonyl (C=O) groups excluding carboxylic acids is 1. The molecule has 0 heterocycles. The van der Waals surface area contributed by atoms with Gasteiger partial charge in [0.05, 0.1) is 23.4 Å². The van der Waals surface area contributed by atoms with Crippen molar-refractivity contribution in [1.82, 2.24) is 5.32 Å². The van der Waals surface area contributed by atoms with Gasteiger partial charge in [-0.3, -0.25) is 9.52 Å². The number of halogens is 1. The predicted molar refractivity (Wildman–Crippen MR) is 96.0 cm³/mol. The minimum absolute atomic E-state index is 0.130.